The molecule has 14 heavy (non-hydrogen) atoms. The van der Waals surface area contributed by atoms with Crippen LogP contribution in [-0.2, 0) is 14.6 Å². The summed E-state index contributed by atoms with van der Waals surface area (Å²) in [4.78, 5) is 11.4. The SMILES string of the molecule is CC(C)(CCl)C(=O)NCCS(C)(=O)=O. The van der Waals surface area contributed by atoms with Gasteiger partial charge in [-0.1, -0.05) is 0 Å². The summed E-state index contributed by atoms with van der Waals surface area (Å²) in [6, 6.07) is 0. The van der Waals surface area contributed by atoms with Gasteiger partial charge in [-0.15, -0.1) is 11.6 Å². The highest BCUT2D eigenvalue weighted by Gasteiger charge is 2.25. The minimum absolute atomic E-state index is 0.0445. The van der Waals surface area contributed by atoms with Gasteiger partial charge >= 0.3 is 0 Å². The van der Waals surface area contributed by atoms with Crippen molar-refractivity contribution in [1.82, 2.24) is 5.32 Å². The maximum Gasteiger partial charge on any atom is 0.226 e. The lowest BCUT2D eigenvalue weighted by molar-refractivity contribution is -0.128. The standard InChI is InChI=1S/C8H16ClNO3S/c1-8(2,6-9)7(11)10-4-5-14(3,12)13/h4-6H2,1-3H3,(H,10,11). The molecule has 6 heteroatoms. The number of hydrogen-bond acceptors (Lipinski definition) is 3. The quantitative estimate of drug-likeness (QED) is 0.710. The maximum absolute atomic E-state index is 11.4. The summed E-state index contributed by atoms with van der Waals surface area (Å²) >= 11 is 5.58. The Morgan fingerprint density at radius 2 is 1.93 bits per heavy atom. The van der Waals surface area contributed by atoms with Gasteiger partial charge < -0.3 is 5.32 Å². The monoisotopic (exact) mass is 241 g/mol. The summed E-state index contributed by atoms with van der Waals surface area (Å²) in [5, 5.41) is 2.53. The van der Waals surface area contributed by atoms with Gasteiger partial charge in [-0.05, 0) is 13.8 Å². The van der Waals surface area contributed by atoms with E-state index in [-0.39, 0.29) is 24.1 Å². The summed E-state index contributed by atoms with van der Waals surface area (Å²) in [5.74, 6) is -0.0643. The molecular weight excluding hydrogens is 226 g/mol. The molecule has 1 N–H and O–H groups in total. The van der Waals surface area contributed by atoms with Gasteiger partial charge in [-0.3, -0.25) is 4.79 Å². The third-order valence-corrected chi connectivity index (χ3v) is 3.32. The largest absolute Gasteiger partial charge is 0.355 e. The molecule has 0 saturated heterocycles. The molecule has 1 amide bonds. The van der Waals surface area contributed by atoms with Crippen molar-refractivity contribution in [3.8, 4) is 0 Å². The van der Waals surface area contributed by atoms with E-state index in [4.69, 9.17) is 11.6 Å². The number of amides is 1. The van der Waals surface area contributed by atoms with E-state index in [1.165, 1.54) is 0 Å². The number of carbonyl (C=O) groups excluding carboxylic acids is 1. The number of carbonyl (C=O) groups is 1. The highest BCUT2D eigenvalue weighted by molar-refractivity contribution is 7.90. The molecule has 4 nitrogen and oxygen atoms in total. The molecule has 0 bridgehead atoms. The third-order valence-electron chi connectivity index (χ3n) is 1.71. The average molecular weight is 242 g/mol. The number of halogens is 1. The van der Waals surface area contributed by atoms with Crippen LogP contribution in [0.25, 0.3) is 0 Å². The Balaban J connectivity index is 3.99. The van der Waals surface area contributed by atoms with Crippen molar-refractivity contribution in [2.45, 2.75) is 13.8 Å². The Hall–Kier alpha value is -0.290. The smallest absolute Gasteiger partial charge is 0.226 e. The van der Waals surface area contributed by atoms with Crippen molar-refractivity contribution in [2.24, 2.45) is 5.41 Å². The van der Waals surface area contributed by atoms with Gasteiger partial charge in [0.05, 0.1) is 11.2 Å². The Morgan fingerprint density at radius 3 is 2.29 bits per heavy atom. The Labute approximate surface area is 89.9 Å². The number of hydrogen-bond donors (Lipinski definition) is 1. The van der Waals surface area contributed by atoms with Gasteiger partial charge in [-0.2, -0.15) is 0 Å². The van der Waals surface area contributed by atoms with Crippen LogP contribution in [0.3, 0.4) is 0 Å². The van der Waals surface area contributed by atoms with Crippen molar-refractivity contribution >= 4 is 27.3 Å². The van der Waals surface area contributed by atoms with Crippen LogP contribution >= 0.6 is 11.6 Å². The zero-order chi connectivity index (χ0) is 11.4. The highest BCUT2D eigenvalue weighted by Crippen LogP contribution is 2.16. The van der Waals surface area contributed by atoms with Crippen LogP contribution in [0.5, 0.6) is 0 Å². The van der Waals surface area contributed by atoms with Crippen molar-refractivity contribution < 1.29 is 13.2 Å². The van der Waals surface area contributed by atoms with Crippen LogP contribution in [0, 0.1) is 5.41 Å². The van der Waals surface area contributed by atoms with E-state index in [1.54, 1.807) is 13.8 Å². The second kappa shape index (κ2) is 4.98. The van der Waals surface area contributed by atoms with Crippen LogP contribution in [-0.4, -0.2) is 38.8 Å². The molecule has 0 atom stereocenters. The fourth-order valence-corrected chi connectivity index (χ4v) is 1.24. The summed E-state index contributed by atoms with van der Waals surface area (Å²) < 4.78 is 21.5. The zero-order valence-electron chi connectivity index (χ0n) is 8.63. The first kappa shape index (κ1) is 13.7. The minimum Gasteiger partial charge on any atom is -0.355 e. The molecule has 0 aromatic carbocycles. The number of alkyl halides is 1. The minimum atomic E-state index is -3.02. The van der Waals surface area contributed by atoms with Crippen LogP contribution in [0.15, 0.2) is 0 Å². The van der Waals surface area contributed by atoms with Gasteiger partial charge in [0.1, 0.15) is 9.84 Å². The average Bonchev–Trinajstić information content (AvgIpc) is 2.02. The topological polar surface area (TPSA) is 63.2 Å². The Kier molecular flexibility index (Phi) is 4.88. The van der Waals surface area contributed by atoms with Gasteiger partial charge in [-0.25, -0.2) is 8.42 Å². The van der Waals surface area contributed by atoms with E-state index in [0.717, 1.165) is 6.26 Å². The molecule has 0 aromatic heterocycles. The Bertz CT molecular complexity index is 298. The first-order valence-corrected chi connectivity index (χ1v) is 6.80. The van der Waals surface area contributed by atoms with E-state index in [0.29, 0.717) is 0 Å². The summed E-state index contributed by atoms with van der Waals surface area (Å²) in [7, 11) is -3.02. The van der Waals surface area contributed by atoms with Crippen LogP contribution in [0.1, 0.15) is 13.8 Å². The summed E-state index contributed by atoms with van der Waals surface area (Å²) in [6.07, 6.45) is 1.13. The van der Waals surface area contributed by atoms with Crippen molar-refractivity contribution in [2.75, 3.05) is 24.4 Å². The molecule has 0 fully saturated rings. The molecule has 0 aliphatic rings. The van der Waals surface area contributed by atoms with Gasteiger partial charge in [0.2, 0.25) is 5.91 Å². The normalized spacial score (nSPS) is 12.6. The molecule has 0 aromatic rings. The van der Waals surface area contributed by atoms with Gasteiger partial charge in [0.25, 0.3) is 0 Å². The number of nitrogens with one attached hydrogen (secondary N) is 1. The van der Waals surface area contributed by atoms with Crippen molar-refractivity contribution in [1.29, 1.82) is 0 Å². The molecule has 0 aliphatic heterocycles. The second-order valence-corrected chi connectivity index (χ2v) is 6.43. The lowest BCUT2D eigenvalue weighted by Gasteiger charge is -2.19. The Morgan fingerprint density at radius 1 is 1.43 bits per heavy atom. The molecule has 0 heterocycles. The molecule has 0 rings (SSSR count). The third kappa shape index (κ3) is 5.44. The van der Waals surface area contributed by atoms with Gasteiger partial charge in [0, 0.05) is 18.7 Å². The van der Waals surface area contributed by atoms with E-state index < -0.39 is 15.3 Å². The van der Waals surface area contributed by atoms with E-state index in [2.05, 4.69) is 5.32 Å². The second-order valence-electron chi connectivity index (χ2n) is 3.90. The maximum atomic E-state index is 11.4. The number of rotatable bonds is 5. The molecule has 0 saturated carbocycles. The first-order chi connectivity index (χ1) is 6.19. The lowest BCUT2D eigenvalue weighted by Crippen LogP contribution is -2.40. The van der Waals surface area contributed by atoms with Crippen LogP contribution < -0.4 is 5.32 Å². The van der Waals surface area contributed by atoms with Crippen LogP contribution in [0.4, 0.5) is 0 Å². The summed E-state index contributed by atoms with van der Waals surface area (Å²) in [5.41, 5.74) is -0.654. The number of sulfone groups is 1. The molecular formula is C8H16ClNO3S. The predicted octanol–water partition coefficient (Wildman–Crippen LogP) is 0.412. The summed E-state index contributed by atoms with van der Waals surface area (Å²) in [6.45, 7) is 3.55. The van der Waals surface area contributed by atoms with Crippen LogP contribution in [0.2, 0.25) is 0 Å². The zero-order valence-corrected chi connectivity index (χ0v) is 10.2. The van der Waals surface area contributed by atoms with Crippen molar-refractivity contribution in [3.05, 3.63) is 0 Å². The van der Waals surface area contributed by atoms with Crippen molar-refractivity contribution in [3.63, 3.8) is 0 Å². The van der Waals surface area contributed by atoms with E-state index >= 15 is 0 Å². The van der Waals surface area contributed by atoms with Gasteiger partial charge in [0.15, 0.2) is 0 Å². The van der Waals surface area contributed by atoms with E-state index in [1.807, 2.05) is 0 Å². The lowest BCUT2D eigenvalue weighted by atomic mass is 9.95. The van der Waals surface area contributed by atoms with E-state index in [9.17, 15) is 13.2 Å². The first-order valence-electron chi connectivity index (χ1n) is 4.21. The highest BCUT2D eigenvalue weighted by atomic mass is 35.5. The predicted molar refractivity (Wildman–Crippen MR) is 57.2 cm³/mol. The fourth-order valence-electron chi connectivity index (χ4n) is 0.650. The molecule has 0 radical (unpaired) electrons. The molecule has 0 aliphatic carbocycles. The molecule has 84 valence electrons. The fraction of sp³-hybridized carbons (Fsp3) is 0.875. The molecule has 0 unspecified atom stereocenters. The molecule has 0 spiro atoms.